The third-order valence-electron chi connectivity index (χ3n) is 5.71. The van der Waals surface area contributed by atoms with Crippen LogP contribution in [0.4, 0.5) is 34.5 Å². The van der Waals surface area contributed by atoms with Crippen LogP contribution >= 0.6 is 23.1 Å². The normalized spacial score (nSPS) is 11.2. The second-order valence-corrected chi connectivity index (χ2v) is 13.1. The maximum absolute atomic E-state index is 13.3. The molecule has 0 spiro atoms. The fourth-order valence-corrected chi connectivity index (χ4v) is 5.59. The van der Waals surface area contributed by atoms with Gasteiger partial charge in [-0.15, -0.1) is 0 Å². The van der Waals surface area contributed by atoms with Crippen molar-refractivity contribution >= 4 is 79.8 Å². The molecule has 0 bridgehead atoms. The van der Waals surface area contributed by atoms with E-state index in [1.54, 1.807) is 38.0 Å². The number of benzene rings is 2. The molecular weight excluding hydrogens is 579 g/mol. The number of unbranched alkanes of at least 4 members (excludes halogenated alkanes) is 1. The van der Waals surface area contributed by atoms with Crippen LogP contribution < -0.4 is 26.6 Å². The van der Waals surface area contributed by atoms with Gasteiger partial charge < -0.3 is 25.8 Å². The number of fused-ring (bicyclic) bond motifs is 1. The molecule has 2 aromatic heterocycles. The predicted octanol–water partition coefficient (Wildman–Crippen LogP) is 6.25. The molecule has 0 aliphatic heterocycles. The van der Waals surface area contributed by atoms with Gasteiger partial charge in [0, 0.05) is 30.8 Å². The number of rotatable bonds is 11. The van der Waals surface area contributed by atoms with Gasteiger partial charge in [-0.2, -0.15) is 4.98 Å². The van der Waals surface area contributed by atoms with Gasteiger partial charge in [-0.25, -0.2) is 4.98 Å². The molecule has 2 heterocycles. The molecule has 4 N–H and O–H groups in total. The Morgan fingerprint density at radius 1 is 1.05 bits per heavy atom. The zero-order valence-electron chi connectivity index (χ0n) is 22.0. The first-order valence-electron chi connectivity index (χ1n) is 12.4. The number of nitrogens with zero attached hydrogens (tertiary/aromatic N) is 4. The Labute approximate surface area is 235 Å². The molecule has 0 aliphatic rings. The molecule has 0 radical (unpaired) electrons. The summed E-state index contributed by atoms with van der Waals surface area (Å²) in [5.74, 6) is 0.493. The lowest BCUT2D eigenvalue weighted by Crippen LogP contribution is -2.14. The van der Waals surface area contributed by atoms with Gasteiger partial charge in [0.2, 0.25) is 11.9 Å². The minimum Gasteiger partial charge on any atom is -0.383 e. The van der Waals surface area contributed by atoms with Crippen molar-refractivity contribution in [1.82, 2.24) is 19.9 Å². The number of aromatic nitrogens is 4. The smallest absolute Gasteiger partial charge is 0.247 e. The lowest BCUT2D eigenvalue weighted by Gasteiger charge is -2.18. The van der Waals surface area contributed by atoms with E-state index >= 15 is 0 Å². The van der Waals surface area contributed by atoms with Crippen molar-refractivity contribution in [2.75, 3.05) is 41.1 Å². The van der Waals surface area contributed by atoms with E-state index in [9.17, 15) is 9.36 Å². The second-order valence-electron chi connectivity index (χ2n) is 9.11. The van der Waals surface area contributed by atoms with Crippen molar-refractivity contribution in [1.29, 1.82) is 0 Å². The van der Waals surface area contributed by atoms with Gasteiger partial charge in [0.15, 0.2) is 0 Å². The van der Waals surface area contributed by atoms with Gasteiger partial charge in [0.1, 0.15) is 18.5 Å². The monoisotopic (exact) mass is 608 g/mol. The first kappa shape index (κ1) is 28.2. The van der Waals surface area contributed by atoms with Crippen molar-refractivity contribution in [3.8, 4) is 0 Å². The Bertz CT molecular complexity index is 1570. The van der Waals surface area contributed by atoms with Gasteiger partial charge in [0.25, 0.3) is 0 Å². The van der Waals surface area contributed by atoms with Crippen LogP contribution in [0.5, 0.6) is 0 Å². The van der Waals surface area contributed by atoms with Crippen molar-refractivity contribution in [2.45, 2.75) is 19.8 Å². The summed E-state index contributed by atoms with van der Waals surface area (Å²) in [6.07, 6.45) is 8.11. The number of nitrogens with one attached hydrogen (secondary N) is 4. The summed E-state index contributed by atoms with van der Waals surface area (Å²) in [7, 11) is -2.74. The van der Waals surface area contributed by atoms with Gasteiger partial charge in [-0.1, -0.05) is 19.9 Å². The highest BCUT2D eigenvalue weighted by molar-refractivity contribution is 9.10. The Morgan fingerprint density at radius 2 is 1.82 bits per heavy atom. The number of halogens is 1. The summed E-state index contributed by atoms with van der Waals surface area (Å²) >= 11 is 3.51. The van der Waals surface area contributed by atoms with Crippen molar-refractivity contribution < 1.29 is 9.36 Å². The summed E-state index contributed by atoms with van der Waals surface area (Å²) in [5.41, 5.74) is 3.97. The lowest BCUT2D eigenvalue weighted by atomic mass is 10.2. The summed E-state index contributed by atoms with van der Waals surface area (Å²) in [5, 5.41) is 13.3. The highest BCUT2D eigenvalue weighted by Gasteiger charge is 2.22. The first-order chi connectivity index (χ1) is 18.7. The maximum atomic E-state index is 13.3. The van der Waals surface area contributed by atoms with Gasteiger partial charge in [-0.3, -0.25) is 14.8 Å². The zero-order chi connectivity index (χ0) is 28.0. The lowest BCUT2D eigenvalue weighted by molar-refractivity contribution is -0.111. The Balaban J connectivity index is 1.64. The molecule has 0 saturated carbocycles. The number of carbonyl (C=O) groups excluding carboxylic acids is 1. The summed E-state index contributed by atoms with van der Waals surface area (Å²) in [4.78, 5) is 29.8. The summed E-state index contributed by atoms with van der Waals surface area (Å²) in [6, 6.07) is 9.22. The molecule has 0 unspecified atom stereocenters. The molecular formula is C27H30BrN8O2P. The molecule has 202 valence electrons. The Hall–Kier alpha value is -3.82. The van der Waals surface area contributed by atoms with E-state index in [-0.39, 0.29) is 5.91 Å². The van der Waals surface area contributed by atoms with Crippen LogP contribution in [-0.2, 0) is 9.36 Å². The molecule has 4 aromatic rings. The van der Waals surface area contributed by atoms with Crippen molar-refractivity contribution in [2.24, 2.45) is 0 Å². The van der Waals surface area contributed by atoms with E-state index in [0.29, 0.717) is 49.6 Å². The molecule has 0 atom stereocenters. The SMILES string of the molecule is C=CC(=O)Nc1cc(Nc2ncc(Br)c(Nc3ccc4nccnc4c3P(C)(C)=O)n2)ccc1NCCCC. The zero-order valence-corrected chi connectivity index (χ0v) is 24.4. The van der Waals surface area contributed by atoms with Gasteiger partial charge in [-0.05, 0) is 72.1 Å². The number of hydrogen-bond acceptors (Lipinski definition) is 9. The average Bonchev–Trinajstić information content (AvgIpc) is 2.91. The Kier molecular flexibility index (Phi) is 8.93. The van der Waals surface area contributed by atoms with E-state index in [4.69, 9.17) is 0 Å². The fourth-order valence-electron chi connectivity index (χ4n) is 3.90. The largest absolute Gasteiger partial charge is 0.383 e. The van der Waals surface area contributed by atoms with Crippen LogP contribution in [0.2, 0.25) is 0 Å². The number of carbonyl (C=O) groups is 1. The van der Waals surface area contributed by atoms with E-state index in [2.05, 4.69) is 70.6 Å². The fraction of sp³-hybridized carbons (Fsp3) is 0.222. The van der Waals surface area contributed by atoms with Crippen LogP contribution in [0.15, 0.2) is 66.1 Å². The quantitative estimate of drug-likeness (QED) is 0.0884. The standard InChI is InChI=1S/C27H30BrN8O2P/c1-5-7-12-29-19-9-8-17(15-22(19)34-23(37)6-2)33-27-32-16-18(28)26(36-27)35-21-11-10-20-24(31-14-13-30-20)25(21)39(3,4)38/h6,8-11,13-16,29H,2,5,7,12H2,1,3-4H3,(H,34,37)(H2,32,33,35,36). The van der Waals surface area contributed by atoms with Gasteiger partial charge >= 0.3 is 0 Å². The highest BCUT2D eigenvalue weighted by Crippen LogP contribution is 2.41. The number of amides is 1. The molecule has 0 saturated heterocycles. The number of anilines is 6. The first-order valence-corrected chi connectivity index (χ1v) is 15.8. The molecule has 12 heteroatoms. The van der Waals surface area contributed by atoms with Gasteiger partial charge in [0.05, 0.1) is 32.4 Å². The Morgan fingerprint density at radius 3 is 2.56 bits per heavy atom. The summed E-state index contributed by atoms with van der Waals surface area (Å²) < 4.78 is 13.9. The van der Waals surface area contributed by atoms with Crippen LogP contribution in [-0.4, -0.2) is 45.7 Å². The second kappa shape index (κ2) is 12.4. The summed E-state index contributed by atoms with van der Waals surface area (Å²) in [6.45, 7) is 9.85. The minimum absolute atomic E-state index is 0.308. The molecule has 0 aliphatic carbocycles. The van der Waals surface area contributed by atoms with Crippen molar-refractivity contribution in [3.05, 3.63) is 66.1 Å². The van der Waals surface area contributed by atoms with E-state index in [1.807, 2.05) is 24.3 Å². The van der Waals surface area contributed by atoms with E-state index in [0.717, 1.165) is 25.1 Å². The van der Waals surface area contributed by atoms with Crippen molar-refractivity contribution in [3.63, 3.8) is 0 Å². The number of hydrogen-bond donors (Lipinski definition) is 4. The molecule has 39 heavy (non-hydrogen) atoms. The highest BCUT2D eigenvalue weighted by atomic mass is 79.9. The maximum Gasteiger partial charge on any atom is 0.247 e. The van der Waals surface area contributed by atoms with E-state index in [1.165, 1.54) is 6.08 Å². The molecule has 10 nitrogen and oxygen atoms in total. The van der Waals surface area contributed by atoms with Crippen LogP contribution in [0.3, 0.4) is 0 Å². The van der Waals surface area contributed by atoms with E-state index < -0.39 is 7.14 Å². The topological polar surface area (TPSA) is 134 Å². The minimum atomic E-state index is -2.74. The molecule has 4 rings (SSSR count). The average molecular weight is 609 g/mol. The molecule has 2 aromatic carbocycles. The van der Waals surface area contributed by atoms with Crippen LogP contribution in [0.1, 0.15) is 19.8 Å². The predicted molar refractivity (Wildman–Crippen MR) is 164 cm³/mol. The molecule has 0 fully saturated rings. The van der Waals surface area contributed by atoms with Crippen LogP contribution in [0, 0.1) is 0 Å². The van der Waals surface area contributed by atoms with Crippen LogP contribution in [0.25, 0.3) is 11.0 Å². The third-order valence-corrected chi connectivity index (χ3v) is 7.82. The third kappa shape index (κ3) is 6.99. The molecule has 1 amide bonds.